The van der Waals surface area contributed by atoms with Crippen molar-refractivity contribution in [3.05, 3.63) is 6.33 Å². The normalized spacial score (nSPS) is 26.2. The Kier molecular flexibility index (Phi) is 4.00. The molecule has 2 fully saturated rings. The maximum atomic E-state index is 13.1. The number of hydrogen-bond donors (Lipinski definition) is 1. The number of aryl methyl sites for hydroxylation is 1. The van der Waals surface area contributed by atoms with Gasteiger partial charge < -0.3 is 10.2 Å². The predicted molar refractivity (Wildman–Crippen MR) is 89.7 cm³/mol. The first-order valence-corrected chi connectivity index (χ1v) is 8.77. The van der Waals surface area contributed by atoms with Crippen molar-refractivity contribution in [1.29, 1.82) is 0 Å². The number of carbonyl (C=O) groups is 1. The molecule has 2 aliphatic rings. The number of hydrogen-bond acceptors (Lipinski definition) is 6. The molecule has 8 nitrogen and oxygen atoms in total. The highest BCUT2D eigenvalue weighted by Gasteiger charge is 2.41. The standard InChI is InChI=1S/C16H21F2N7O/c1-16(17,18)15(26)21-11-4-3-9-6-25(7-10(9)5-11)14-12-13(19-8-20-14)24(2)23-22-12/h8-11H,3-7H2,1-2H3,(H,21,26). The number of nitrogens with one attached hydrogen (secondary N) is 1. The number of carbonyl (C=O) groups excluding carboxylic acids is 1. The quantitative estimate of drug-likeness (QED) is 0.877. The summed E-state index contributed by atoms with van der Waals surface area (Å²) >= 11 is 0. The van der Waals surface area contributed by atoms with E-state index in [4.69, 9.17) is 0 Å². The van der Waals surface area contributed by atoms with E-state index in [0.717, 1.165) is 31.7 Å². The summed E-state index contributed by atoms with van der Waals surface area (Å²) in [6.07, 6.45) is 3.84. The Labute approximate surface area is 149 Å². The van der Waals surface area contributed by atoms with Gasteiger partial charge in [0.15, 0.2) is 17.0 Å². The van der Waals surface area contributed by atoms with Gasteiger partial charge in [0, 0.05) is 33.1 Å². The van der Waals surface area contributed by atoms with E-state index >= 15 is 0 Å². The zero-order valence-corrected chi connectivity index (χ0v) is 14.7. The summed E-state index contributed by atoms with van der Waals surface area (Å²) in [5.41, 5.74) is 1.35. The van der Waals surface area contributed by atoms with E-state index in [9.17, 15) is 13.6 Å². The number of alkyl halides is 2. The summed E-state index contributed by atoms with van der Waals surface area (Å²) in [4.78, 5) is 22.3. The van der Waals surface area contributed by atoms with Gasteiger partial charge >= 0.3 is 5.92 Å². The predicted octanol–water partition coefficient (Wildman–Crippen LogP) is 1.13. The van der Waals surface area contributed by atoms with E-state index < -0.39 is 11.8 Å². The average Bonchev–Trinajstić information content (AvgIpc) is 3.17. The van der Waals surface area contributed by atoms with Gasteiger partial charge in [-0.1, -0.05) is 5.21 Å². The number of rotatable bonds is 3. The molecule has 3 heterocycles. The molecular formula is C16H21F2N7O. The summed E-state index contributed by atoms with van der Waals surface area (Å²) in [7, 11) is 1.78. The van der Waals surface area contributed by atoms with Crippen molar-refractivity contribution in [3.8, 4) is 0 Å². The molecule has 1 amide bonds. The molecule has 0 radical (unpaired) electrons. The second kappa shape index (κ2) is 6.10. The van der Waals surface area contributed by atoms with Gasteiger partial charge in [0.25, 0.3) is 5.91 Å². The van der Waals surface area contributed by atoms with Gasteiger partial charge in [-0.15, -0.1) is 5.10 Å². The largest absolute Gasteiger partial charge is 0.354 e. The number of halogens is 2. The SMILES string of the molecule is Cn1nnc2c(N3CC4CCC(NC(=O)C(C)(F)F)CC4C3)ncnc21. The average molecular weight is 365 g/mol. The van der Waals surface area contributed by atoms with Gasteiger partial charge in [-0.3, -0.25) is 4.79 Å². The summed E-state index contributed by atoms with van der Waals surface area (Å²) in [6, 6.07) is -0.198. The van der Waals surface area contributed by atoms with Crippen LogP contribution in [0.25, 0.3) is 11.2 Å². The Balaban J connectivity index is 1.47. The smallest absolute Gasteiger partial charge is 0.321 e. The van der Waals surface area contributed by atoms with Crippen LogP contribution in [0.3, 0.4) is 0 Å². The van der Waals surface area contributed by atoms with E-state index in [1.165, 1.54) is 6.33 Å². The summed E-state index contributed by atoms with van der Waals surface area (Å²) in [5.74, 6) is -2.96. The maximum Gasteiger partial charge on any atom is 0.321 e. The van der Waals surface area contributed by atoms with Crippen LogP contribution in [0.1, 0.15) is 26.2 Å². The topological polar surface area (TPSA) is 88.8 Å². The molecule has 0 bridgehead atoms. The highest BCUT2D eigenvalue weighted by Crippen LogP contribution is 2.39. The van der Waals surface area contributed by atoms with E-state index in [-0.39, 0.29) is 6.04 Å². The molecule has 1 aliphatic heterocycles. The minimum Gasteiger partial charge on any atom is -0.354 e. The minimum absolute atomic E-state index is 0.198. The highest BCUT2D eigenvalue weighted by molar-refractivity contribution is 5.83. The first-order chi connectivity index (χ1) is 12.3. The number of fused-ring (bicyclic) bond motifs is 2. The lowest BCUT2D eigenvalue weighted by Crippen LogP contribution is -2.46. The van der Waals surface area contributed by atoms with Crippen LogP contribution in [0.15, 0.2) is 6.33 Å². The Morgan fingerprint density at radius 3 is 2.81 bits per heavy atom. The van der Waals surface area contributed by atoms with Crippen LogP contribution in [0.5, 0.6) is 0 Å². The Morgan fingerprint density at radius 2 is 2.04 bits per heavy atom. The third-order valence-corrected chi connectivity index (χ3v) is 5.45. The molecular weight excluding hydrogens is 344 g/mol. The fourth-order valence-corrected chi connectivity index (χ4v) is 4.12. The lowest BCUT2D eigenvalue weighted by atomic mass is 9.79. The molecule has 2 aromatic rings. The molecule has 2 aromatic heterocycles. The molecule has 10 heteroatoms. The van der Waals surface area contributed by atoms with Crippen molar-refractivity contribution >= 4 is 22.9 Å². The molecule has 3 atom stereocenters. The van der Waals surface area contributed by atoms with Gasteiger partial charge in [0.1, 0.15) is 6.33 Å². The third-order valence-electron chi connectivity index (χ3n) is 5.45. The van der Waals surface area contributed by atoms with E-state index in [0.29, 0.717) is 36.3 Å². The van der Waals surface area contributed by atoms with Crippen LogP contribution in [-0.4, -0.2) is 55.9 Å². The monoisotopic (exact) mass is 365 g/mol. The minimum atomic E-state index is -3.34. The number of amides is 1. The highest BCUT2D eigenvalue weighted by atomic mass is 19.3. The fraction of sp³-hybridized carbons (Fsp3) is 0.688. The molecule has 4 rings (SSSR count). The van der Waals surface area contributed by atoms with Crippen LogP contribution < -0.4 is 10.2 Å². The van der Waals surface area contributed by atoms with Gasteiger partial charge in [-0.25, -0.2) is 14.6 Å². The van der Waals surface area contributed by atoms with Gasteiger partial charge in [-0.05, 0) is 31.1 Å². The van der Waals surface area contributed by atoms with Crippen LogP contribution in [0, 0.1) is 11.8 Å². The van der Waals surface area contributed by atoms with Gasteiger partial charge in [-0.2, -0.15) is 8.78 Å². The lowest BCUT2D eigenvalue weighted by Gasteiger charge is -2.31. The first-order valence-electron chi connectivity index (χ1n) is 8.77. The Bertz CT molecular complexity index is 834. The van der Waals surface area contributed by atoms with E-state index in [1.807, 2.05) is 0 Å². The van der Waals surface area contributed by atoms with Crippen molar-refractivity contribution < 1.29 is 13.6 Å². The first kappa shape index (κ1) is 17.0. The second-order valence-corrected chi connectivity index (χ2v) is 7.38. The van der Waals surface area contributed by atoms with Gasteiger partial charge in [0.2, 0.25) is 0 Å². The van der Waals surface area contributed by atoms with Crippen LogP contribution in [0.4, 0.5) is 14.6 Å². The summed E-state index contributed by atoms with van der Waals surface area (Å²) in [5, 5.41) is 10.7. The summed E-state index contributed by atoms with van der Waals surface area (Å²) < 4.78 is 27.9. The molecule has 1 aliphatic carbocycles. The van der Waals surface area contributed by atoms with Crippen molar-refractivity contribution in [2.45, 2.75) is 38.2 Å². The Hall–Kier alpha value is -2.39. The zero-order valence-electron chi connectivity index (χ0n) is 14.7. The molecule has 0 spiro atoms. The van der Waals surface area contributed by atoms with E-state index in [1.54, 1.807) is 11.7 Å². The fourth-order valence-electron chi connectivity index (χ4n) is 4.12. The van der Waals surface area contributed by atoms with Crippen molar-refractivity contribution in [2.75, 3.05) is 18.0 Å². The van der Waals surface area contributed by atoms with Gasteiger partial charge in [0.05, 0.1) is 0 Å². The summed E-state index contributed by atoms with van der Waals surface area (Å²) in [6.45, 7) is 2.24. The number of anilines is 1. The molecule has 1 N–H and O–H groups in total. The molecule has 140 valence electrons. The molecule has 3 unspecified atom stereocenters. The zero-order chi connectivity index (χ0) is 18.5. The van der Waals surface area contributed by atoms with Crippen LogP contribution in [0.2, 0.25) is 0 Å². The van der Waals surface area contributed by atoms with Crippen molar-refractivity contribution in [3.63, 3.8) is 0 Å². The Morgan fingerprint density at radius 1 is 1.27 bits per heavy atom. The third kappa shape index (κ3) is 2.97. The maximum absolute atomic E-state index is 13.1. The number of aromatic nitrogens is 5. The van der Waals surface area contributed by atoms with Crippen LogP contribution >= 0.6 is 0 Å². The number of nitrogens with zero attached hydrogens (tertiary/aromatic N) is 6. The lowest BCUT2D eigenvalue weighted by molar-refractivity contribution is -0.144. The van der Waals surface area contributed by atoms with E-state index in [2.05, 4.69) is 30.5 Å². The van der Waals surface area contributed by atoms with Crippen molar-refractivity contribution in [2.24, 2.45) is 18.9 Å². The molecule has 1 saturated carbocycles. The molecule has 0 aromatic carbocycles. The van der Waals surface area contributed by atoms with Crippen LogP contribution in [-0.2, 0) is 11.8 Å². The molecule has 26 heavy (non-hydrogen) atoms. The van der Waals surface area contributed by atoms with Crippen molar-refractivity contribution in [1.82, 2.24) is 30.3 Å². The molecule has 1 saturated heterocycles. The second-order valence-electron chi connectivity index (χ2n) is 7.38.